The molecule has 0 aliphatic rings. The van der Waals surface area contributed by atoms with Crippen LogP contribution >= 0.6 is 25.3 Å². The molecule has 2 aromatic rings. The number of carbonyl (C=O) groups excluding carboxylic acids is 9. The Bertz CT molecular complexity index is 1870. The molecule has 63 heavy (non-hydrogen) atoms. The van der Waals surface area contributed by atoms with Crippen LogP contribution in [0.2, 0.25) is 0 Å². The Kier molecular flexibility index (Phi) is 23.2. The van der Waals surface area contributed by atoms with Crippen molar-refractivity contribution in [1.82, 2.24) is 57.2 Å². The van der Waals surface area contributed by atoms with Crippen LogP contribution in [0.5, 0.6) is 0 Å². The molecular weight excluding hydrogens is 871 g/mol. The molecule has 26 nitrogen and oxygen atoms in total. The average molecular weight is 926 g/mol. The number of nitrogens with two attached hydrogens (primary N) is 4. The lowest BCUT2D eigenvalue weighted by Gasteiger charge is -2.27. The lowest BCUT2D eigenvalue weighted by Crippen LogP contribution is -2.61. The largest absolute Gasteiger partial charge is 0.480 e. The van der Waals surface area contributed by atoms with E-state index in [2.05, 4.69) is 82.4 Å². The predicted molar refractivity (Wildman–Crippen MR) is 228 cm³/mol. The van der Waals surface area contributed by atoms with Crippen molar-refractivity contribution in [2.75, 3.05) is 24.6 Å². The molecule has 18 N–H and O–H groups in total. The second-order valence-corrected chi connectivity index (χ2v) is 14.7. The van der Waals surface area contributed by atoms with E-state index >= 15 is 0 Å². The number of hydrogen-bond donors (Lipinski definition) is 16. The van der Waals surface area contributed by atoms with Crippen molar-refractivity contribution in [2.45, 2.75) is 93.7 Å². The van der Waals surface area contributed by atoms with Gasteiger partial charge in [-0.15, -0.1) is 0 Å². The van der Waals surface area contributed by atoms with E-state index in [9.17, 15) is 47.9 Å². The topological polar surface area (TPSA) is 437 Å². The molecule has 0 saturated carbocycles. The molecule has 9 amide bonds. The van der Waals surface area contributed by atoms with Crippen LogP contribution in [0.15, 0.2) is 25.0 Å². The minimum absolute atomic E-state index is 0.0228. The van der Waals surface area contributed by atoms with Crippen LogP contribution in [0.4, 0.5) is 0 Å². The van der Waals surface area contributed by atoms with Gasteiger partial charge in [0.1, 0.15) is 42.8 Å². The summed E-state index contributed by atoms with van der Waals surface area (Å²) in [6, 6.07) is -9.98. The van der Waals surface area contributed by atoms with Gasteiger partial charge in [0.25, 0.3) is 0 Å². The molecule has 0 spiro atoms. The molecule has 348 valence electrons. The van der Waals surface area contributed by atoms with Gasteiger partial charge in [-0.2, -0.15) is 25.3 Å². The summed E-state index contributed by atoms with van der Waals surface area (Å²) >= 11 is 8.21. The van der Waals surface area contributed by atoms with E-state index in [0.29, 0.717) is 24.2 Å². The smallest absolute Gasteiger partial charge is 0.322 e. The third-order valence-corrected chi connectivity index (χ3v) is 9.65. The molecule has 0 aromatic carbocycles. The number of primary amides is 2. The van der Waals surface area contributed by atoms with E-state index in [1.807, 2.05) is 0 Å². The molecule has 0 aliphatic heterocycles. The number of unbranched alkanes of at least 4 members (excludes halogenated alkanes) is 1. The Morgan fingerprint density at radius 2 is 1.06 bits per heavy atom. The highest BCUT2D eigenvalue weighted by Gasteiger charge is 2.34. The molecule has 2 aromatic heterocycles. The molecule has 0 radical (unpaired) electrons. The van der Waals surface area contributed by atoms with Gasteiger partial charge in [-0.05, 0) is 32.2 Å². The number of H-pyrrole nitrogens is 2. The maximum atomic E-state index is 13.8. The van der Waals surface area contributed by atoms with Crippen LogP contribution in [0.1, 0.15) is 49.9 Å². The minimum atomic E-state index is -1.77. The molecule has 0 saturated heterocycles. The molecule has 0 aliphatic carbocycles. The van der Waals surface area contributed by atoms with Crippen molar-refractivity contribution >= 4 is 84.4 Å². The highest BCUT2D eigenvalue weighted by atomic mass is 32.1. The van der Waals surface area contributed by atoms with E-state index in [1.54, 1.807) is 0 Å². The number of aromatic nitrogens is 4. The molecule has 0 fully saturated rings. The summed E-state index contributed by atoms with van der Waals surface area (Å²) in [6.45, 7) is -0.523. The first-order valence-electron chi connectivity index (χ1n) is 19.4. The number of carboxylic acids is 1. The van der Waals surface area contributed by atoms with E-state index in [4.69, 9.17) is 28.0 Å². The van der Waals surface area contributed by atoms with Crippen molar-refractivity contribution in [3.63, 3.8) is 0 Å². The van der Waals surface area contributed by atoms with Crippen LogP contribution < -0.4 is 60.2 Å². The van der Waals surface area contributed by atoms with Crippen molar-refractivity contribution in [3.05, 3.63) is 36.4 Å². The summed E-state index contributed by atoms with van der Waals surface area (Å²) < 4.78 is 0. The van der Waals surface area contributed by atoms with Gasteiger partial charge in [0.05, 0.1) is 25.1 Å². The summed E-state index contributed by atoms with van der Waals surface area (Å²) in [4.78, 5) is 142. The summed E-state index contributed by atoms with van der Waals surface area (Å²) in [7, 11) is 0. The van der Waals surface area contributed by atoms with Crippen molar-refractivity contribution in [1.29, 1.82) is 0 Å². The molecule has 7 atom stereocenters. The van der Waals surface area contributed by atoms with Crippen LogP contribution in [-0.2, 0) is 60.8 Å². The normalized spacial score (nSPS) is 14.2. The predicted octanol–water partition coefficient (Wildman–Crippen LogP) is -6.52. The minimum Gasteiger partial charge on any atom is -0.480 e. The highest BCUT2D eigenvalue weighted by Crippen LogP contribution is 2.08. The zero-order chi connectivity index (χ0) is 47.1. The van der Waals surface area contributed by atoms with Crippen LogP contribution in [-0.4, -0.2) is 151 Å². The van der Waals surface area contributed by atoms with E-state index < -0.39 is 127 Å². The zero-order valence-electron chi connectivity index (χ0n) is 34.0. The molecule has 0 unspecified atom stereocenters. The summed E-state index contributed by atoms with van der Waals surface area (Å²) in [5, 5.41) is 25.5. The molecular formula is C35H55N15O11S2. The summed E-state index contributed by atoms with van der Waals surface area (Å²) in [6.07, 6.45) is 4.30. The number of aromatic amines is 2. The SMILES string of the molecule is NCCCC[C@H](NC(=O)[C@H](CS)NC(=O)[C@@H](N)Cc1cnc[nH]1)C(=O)N[C@@H](CC(N)=O)C(=O)N[C@@H](CCC(N)=O)C(=O)N[C@@H](Cc1cnc[nH]1)C(=O)N[C@@H](CS)C(=O)NCC(=O)O. The van der Waals surface area contributed by atoms with Gasteiger partial charge in [-0.3, -0.25) is 47.9 Å². The third kappa shape index (κ3) is 19.6. The Morgan fingerprint density at radius 3 is 1.57 bits per heavy atom. The highest BCUT2D eigenvalue weighted by molar-refractivity contribution is 7.80. The number of thiol groups is 2. The zero-order valence-corrected chi connectivity index (χ0v) is 35.8. The average Bonchev–Trinajstić information content (AvgIpc) is 3.96. The number of carbonyl (C=O) groups is 10. The van der Waals surface area contributed by atoms with Gasteiger partial charge in [0, 0.05) is 54.5 Å². The number of hydrogen-bond acceptors (Lipinski definition) is 16. The number of rotatable bonds is 30. The Labute approximate surface area is 371 Å². The van der Waals surface area contributed by atoms with Gasteiger partial charge < -0.3 is 75.2 Å². The number of nitrogens with one attached hydrogen (secondary N) is 9. The number of amides is 9. The van der Waals surface area contributed by atoms with E-state index in [-0.39, 0.29) is 37.3 Å². The van der Waals surface area contributed by atoms with Crippen LogP contribution in [0.25, 0.3) is 0 Å². The first-order valence-corrected chi connectivity index (χ1v) is 20.7. The van der Waals surface area contributed by atoms with Gasteiger partial charge in [-0.1, -0.05) is 0 Å². The second-order valence-electron chi connectivity index (χ2n) is 14.0. The third-order valence-electron chi connectivity index (χ3n) is 8.92. The monoisotopic (exact) mass is 925 g/mol. The van der Waals surface area contributed by atoms with Crippen LogP contribution in [0.3, 0.4) is 0 Å². The number of aliphatic carboxylic acids is 1. The second kappa shape index (κ2) is 27.6. The molecule has 0 bridgehead atoms. The van der Waals surface area contributed by atoms with Crippen molar-refractivity contribution in [2.24, 2.45) is 22.9 Å². The van der Waals surface area contributed by atoms with Crippen molar-refractivity contribution < 1.29 is 53.1 Å². The Morgan fingerprint density at radius 1 is 0.603 bits per heavy atom. The van der Waals surface area contributed by atoms with Gasteiger partial charge in [0.15, 0.2) is 0 Å². The van der Waals surface area contributed by atoms with Crippen molar-refractivity contribution in [3.8, 4) is 0 Å². The fraction of sp³-hybridized carbons (Fsp3) is 0.543. The fourth-order valence-electron chi connectivity index (χ4n) is 5.59. The van der Waals surface area contributed by atoms with Gasteiger partial charge in [0.2, 0.25) is 53.2 Å². The maximum absolute atomic E-state index is 13.8. The number of imidazole rings is 2. The summed E-state index contributed by atoms with van der Waals surface area (Å²) in [5.41, 5.74) is 23.3. The van der Waals surface area contributed by atoms with Gasteiger partial charge >= 0.3 is 5.97 Å². The maximum Gasteiger partial charge on any atom is 0.322 e. The molecule has 2 rings (SSSR count). The lowest BCUT2D eigenvalue weighted by atomic mass is 10.0. The first kappa shape index (κ1) is 52.9. The standard InChI is InChI=1S/C35H55N15O11S2/c36-6-2-1-3-20(45-35(61)25(14-63)49-29(55)19(37)7-17-10-40-15-43-17)31(57)48-23(9-27(39)52)34(60)46-21(4-5-26(38)51)32(58)47-22(8-18-11-41-16-44-18)33(59)50-24(13-62)30(56)42-12-28(53)54/h10-11,15-16,19-25,62-63H,1-9,12-14,36-37H2,(H2,38,51)(H2,39,52)(H,40,43)(H,41,44)(H,42,56)(H,45,61)(H,46,60)(H,47,58)(H,48,57)(H,49,55)(H,50,59)(H,53,54)/t19-,20-,21-,22-,23-,24-,25-/m0/s1. The van der Waals surface area contributed by atoms with Crippen LogP contribution in [0, 0.1) is 0 Å². The first-order chi connectivity index (χ1) is 29.9. The number of carboxylic acid groups (broad SMARTS) is 1. The lowest BCUT2D eigenvalue weighted by molar-refractivity contribution is -0.138. The Hall–Kier alpha value is -6.26. The molecule has 28 heteroatoms. The summed E-state index contributed by atoms with van der Waals surface area (Å²) in [5.74, 6) is -10.3. The quantitative estimate of drug-likeness (QED) is 0.0256. The number of nitrogens with zero attached hydrogens (tertiary/aromatic N) is 2. The fourth-order valence-corrected chi connectivity index (χ4v) is 6.11. The molecule has 2 heterocycles. The van der Waals surface area contributed by atoms with E-state index in [0.717, 1.165) is 0 Å². The Balaban J connectivity index is 2.31. The van der Waals surface area contributed by atoms with Gasteiger partial charge in [-0.25, -0.2) is 9.97 Å². The van der Waals surface area contributed by atoms with E-state index in [1.165, 1.54) is 25.0 Å².